The van der Waals surface area contributed by atoms with Crippen LogP contribution in [0.5, 0.6) is 0 Å². The second-order valence-corrected chi connectivity index (χ2v) is 5.56. The molecule has 1 heterocycles. The third-order valence-electron chi connectivity index (χ3n) is 4.40. The Morgan fingerprint density at radius 1 is 1.29 bits per heavy atom. The number of nitrogens with one attached hydrogen (secondary N) is 1. The number of rotatable bonds is 3. The largest absolute Gasteiger partial charge is 0.340 e. The lowest BCUT2D eigenvalue weighted by Crippen LogP contribution is -2.69. The van der Waals surface area contributed by atoms with Gasteiger partial charge in [0.15, 0.2) is 0 Å². The zero-order chi connectivity index (χ0) is 15.8. The zero-order valence-electron chi connectivity index (χ0n) is 12.9. The van der Waals surface area contributed by atoms with Crippen molar-refractivity contribution in [3.8, 4) is 0 Å². The summed E-state index contributed by atoms with van der Waals surface area (Å²) in [5.41, 5.74) is 0.337. The molecule has 1 unspecified atom stereocenters. The van der Waals surface area contributed by atoms with Gasteiger partial charge in [0, 0.05) is 0 Å². The third kappa shape index (κ3) is 2.41. The molecule has 1 saturated heterocycles. The van der Waals surface area contributed by atoms with Crippen molar-refractivity contribution in [1.29, 1.82) is 0 Å². The molecule has 0 aliphatic carbocycles. The monoisotopic (exact) mass is 292 g/mol. The van der Waals surface area contributed by atoms with Gasteiger partial charge in [-0.25, -0.2) is 4.39 Å². The highest BCUT2D eigenvalue weighted by atomic mass is 19.1. The molecule has 1 fully saturated rings. The minimum Gasteiger partial charge on any atom is -0.340 e. The second kappa shape index (κ2) is 5.47. The zero-order valence-corrected chi connectivity index (χ0v) is 12.9. The van der Waals surface area contributed by atoms with Gasteiger partial charge in [-0.3, -0.25) is 14.5 Å². The molecule has 0 radical (unpaired) electrons. The van der Waals surface area contributed by atoms with Crippen LogP contribution in [0.25, 0.3) is 0 Å². The molecule has 1 aliphatic heterocycles. The number of nitrogens with zero attached hydrogens (tertiary/aromatic N) is 1. The maximum Gasteiger partial charge on any atom is 0.253 e. The van der Waals surface area contributed by atoms with Gasteiger partial charge >= 0.3 is 0 Å². The molecule has 114 valence electrons. The van der Waals surface area contributed by atoms with E-state index in [1.165, 1.54) is 17.0 Å². The molecule has 21 heavy (non-hydrogen) atoms. The Kier molecular flexibility index (Phi) is 4.03. The highest BCUT2D eigenvalue weighted by Gasteiger charge is 2.48. The molecule has 0 saturated carbocycles. The second-order valence-electron chi connectivity index (χ2n) is 5.56. The SMILES string of the molecule is CCC1(CC)NC(=O)C(C)N(c2cc(F)ccc2C)C1=O. The number of carbonyl (C=O) groups excluding carboxylic acids is 2. The van der Waals surface area contributed by atoms with Crippen LogP contribution < -0.4 is 10.2 Å². The quantitative estimate of drug-likeness (QED) is 0.930. The lowest BCUT2D eigenvalue weighted by molar-refractivity contribution is -0.138. The number of hydrogen-bond donors (Lipinski definition) is 1. The van der Waals surface area contributed by atoms with Crippen molar-refractivity contribution >= 4 is 17.5 Å². The molecule has 1 atom stereocenters. The smallest absolute Gasteiger partial charge is 0.253 e. The molecule has 0 bridgehead atoms. The fourth-order valence-electron chi connectivity index (χ4n) is 2.81. The summed E-state index contributed by atoms with van der Waals surface area (Å²) in [6.07, 6.45) is 1.01. The standard InChI is InChI=1S/C16H21FN2O2/c1-5-16(6-2)15(21)19(11(4)14(20)18-16)13-9-12(17)8-7-10(13)3/h7-9,11H,5-6H2,1-4H3,(H,18,20). The summed E-state index contributed by atoms with van der Waals surface area (Å²) in [5, 5.41) is 2.84. The summed E-state index contributed by atoms with van der Waals surface area (Å²) >= 11 is 0. The van der Waals surface area contributed by atoms with E-state index in [1.807, 2.05) is 13.8 Å². The molecule has 2 amide bonds. The van der Waals surface area contributed by atoms with Crippen molar-refractivity contribution in [3.05, 3.63) is 29.6 Å². The first-order valence-corrected chi connectivity index (χ1v) is 7.28. The van der Waals surface area contributed by atoms with E-state index in [2.05, 4.69) is 5.32 Å². The molecule has 0 spiro atoms. The fraction of sp³-hybridized carbons (Fsp3) is 0.500. The van der Waals surface area contributed by atoms with Crippen LogP contribution in [-0.2, 0) is 9.59 Å². The van der Waals surface area contributed by atoms with Crippen LogP contribution in [-0.4, -0.2) is 23.4 Å². The van der Waals surface area contributed by atoms with Crippen molar-refractivity contribution in [2.75, 3.05) is 4.90 Å². The van der Waals surface area contributed by atoms with E-state index < -0.39 is 17.4 Å². The van der Waals surface area contributed by atoms with Crippen molar-refractivity contribution in [3.63, 3.8) is 0 Å². The molecular weight excluding hydrogens is 271 g/mol. The minimum absolute atomic E-state index is 0.173. The lowest BCUT2D eigenvalue weighted by atomic mass is 9.87. The number of carbonyl (C=O) groups is 2. The number of aryl methyl sites for hydroxylation is 1. The molecule has 5 heteroatoms. The van der Waals surface area contributed by atoms with E-state index in [0.717, 1.165) is 5.56 Å². The van der Waals surface area contributed by atoms with Crippen LogP contribution in [0.15, 0.2) is 18.2 Å². The molecule has 1 aromatic carbocycles. The van der Waals surface area contributed by atoms with E-state index >= 15 is 0 Å². The normalized spacial score (nSPS) is 21.4. The first kappa shape index (κ1) is 15.5. The summed E-state index contributed by atoms with van der Waals surface area (Å²) in [7, 11) is 0. The molecular formula is C16H21FN2O2. The first-order valence-electron chi connectivity index (χ1n) is 7.28. The van der Waals surface area contributed by atoms with Gasteiger partial charge in [-0.2, -0.15) is 0 Å². The highest BCUT2D eigenvalue weighted by molar-refractivity contribution is 6.10. The Labute approximate surface area is 124 Å². The van der Waals surface area contributed by atoms with Gasteiger partial charge in [0.25, 0.3) is 5.91 Å². The average molecular weight is 292 g/mol. The number of amides is 2. The van der Waals surface area contributed by atoms with E-state index in [0.29, 0.717) is 18.5 Å². The topological polar surface area (TPSA) is 49.4 Å². The molecule has 1 N–H and O–H groups in total. The van der Waals surface area contributed by atoms with Crippen molar-refractivity contribution in [1.82, 2.24) is 5.32 Å². The Hall–Kier alpha value is -1.91. The van der Waals surface area contributed by atoms with E-state index in [9.17, 15) is 14.0 Å². The van der Waals surface area contributed by atoms with E-state index in [-0.39, 0.29) is 11.8 Å². The van der Waals surface area contributed by atoms with Crippen LogP contribution in [0, 0.1) is 12.7 Å². The Balaban J connectivity index is 2.56. The lowest BCUT2D eigenvalue weighted by Gasteiger charge is -2.44. The van der Waals surface area contributed by atoms with Crippen molar-refractivity contribution < 1.29 is 14.0 Å². The number of benzene rings is 1. The van der Waals surface area contributed by atoms with Gasteiger partial charge in [0.1, 0.15) is 17.4 Å². The summed E-state index contributed by atoms with van der Waals surface area (Å²) < 4.78 is 13.6. The molecule has 2 rings (SSSR count). The number of halogens is 1. The first-order chi connectivity index (χ1) is 9.86. The predicted octanol–water partition coefficient (Wildman–Crippen LogP) is 2.54. The van der Waals surface area contributed by atoms with Crippen LogP contribution in [0.2, 0.25) is 0 Å². The average Bonchev–Trinajstić information content (AvgIpc) is 2.47. The summed E-state index contributed by atoms with van der Waals surface area (Å²) in [5.74, 6) is -0.796. The van der Waals surface area contributed by atoms with Gasteiger partial charge in [-0.05, 0) is 44.4 Å². The molecule has 0 aromatic heterocycles. The van der Waals surface area contributed by atoms with Gasteiger partial charge in [-0.1, -0.05) is 19.9 Å². The number of piperazine rings is 1. The Morgan fingerprint density at radius 2 is 1.90 bits per heavy atom. The summed E-state index contributed by atoms with van der Waals surface area (Å²) in [6.45, 7) is 7.20. The summed E-state index contributed by atoms with van der Waals surface area (Å²) in [4.78, 5) is 26.6. The van der Waals surface area contributed by atoms with Crippen LogP contribution >= 0.6 is 0 Å². The van der Waals surface area contributed by atoms with E-state index in [4.69, 9.17) is 0 Å². The highest BCUT2D eigenvalue weighted by Crippen LogP contribution is 2.31. The van der Waals surface area contributed by atoms with Crippen LogP contribution in [0.1, 0.15) is 39.2 Å². The van der Waals surface area contributed by atoms with E-state index in [1.54, 1.807) is 19.9 Å². The minimum atomic E-state index is -0.900. The molecule has 4 nitrogen and oxygen atoms in total. The van der Waals surface area contributed by atoms with Gasteiger partial charge < -0.3 is 5.32 Å². The maximum absolute atomic E-state index is 13.6. The van der Waals surface area contributed by atoms with Crippen LogP contribution in [0.3, 0.4) is 0 Å². The Bertz CT molecular complexity index is 582. The summed E-state index contributed by atoms with van der Waals surface area (Å²) in [6, 6.07) is 3.64. The van der Waals surface area contributed by atoms with Gasteiger partial charge in [0.2, 0.25) is 5.91 Å². The van der Waals surface area contributed by atoms with Crippen molar-refractivity contribution in [2.24, 2.45) is 0 Å². The molecule has 1 aliphatic rings. The predicted molar refractivity (Wildman–Crippen MR) is 79.5 cm³/mol. The third-order valence-corrected chi connectivity index (χ3v) is 4.40. The maximum atomic E-state index is 13.6. The fourth-order valence-corrected chi connectivity index (χ4v) is 2.81. The van der Waals surface area contributed by atoms with Gasteiger partial charge in [0.05, 0.1) is 5.69 Å². The number of hydrogen-bond acceptors (Lipinski definition) is 2. The molecule has 1 aromatic rings. The number of anilines is 1. The Morgan fingerprint density at radius 3 is 2.48 bits per heavy atom. The van der Waals surface area contributed by atoms with Gasteiger partial charge in [-0.15, -0.1) is 0 Å². The van der Waals surface area contributed by atoms with Crippen LogP contribution in [0.4, 0.5) is 10.1 Å². The van der Waals surface area contributed by atoms with Crippen molar-refractivity contribution in [2.45, 2.75) is 52.1 Å².